The van der Waals surface area contributed by atoms with E-state index in [1.165, 1.54) is 41.0 Å². The smallest absolute Gasteiger partial charge is 0.0219 e. The molecule has 1 atom stereocenters. The van der Waals surface area contributed by atoms with Crippen LogP contribution in [0.15, 0.2) is 6.07 Å². The molecule has 0 aliphatic heterocycles. The molecular weight excluding hydrogens is 226 g/mol. The summed E-state index contributed by atoms with van der Waals surface area (Å²) in [4.78, 5) is 2.91. The Hall–Kier alpha value is -0.340. The van der Waals surface area contributed by atoms with Crippen LogP contribution >= 0.6 is 11.3 Å². The molecule has 1 aromatic heterocycles. The lowest BCUT2D eigenvalue weighted by molar-refractivity contribution is 0.198. The molecule has 1 aliphatic rings. The van der Waals surface area contributed by atoms with E-state index in [4.69, 9.17) is 0 Å². The van der Waals surface area contributed by atoms with Crippen LogP contribution in [-0.4, -0.2) is 6.04 Å². The average Bonchev–Trinajstić information content (AvgIpc) is 2.53. The Balaban J connectivity index is 1.88. The molecule has 1 nitrogen and oxygen atoms in total. The van der Waals surface area contributed by atoms with Gasteiger partial charge in [-0.3, -0.25) is 0 Å². The molecule has 1 aliphatic carbocycles. The molecule has 2 rings (SSSR count). The number of aryl methyl sites for hydroxylation is 2. The first-order valence-corrected chi connectivity index (χ1v) is 7.57. The fourth-order valence-electron chi connectivity index (χ4n) is 2.99. The van der Waals surface area contributed by atoms with Crippen molar-refractivity contribution in [3.63, 3.8) is 0 Å². The molecule has 96 valence electrons. The standard InChI is InChI=1S/C15H25NS/c1-11-8-13(12(2)17-11)10-16-14-6-5-7-15(3,4)9-14/h8,14,16H,5-7,9-10H2,1-4H3. The van der Waals surface area contributed by atoms with Crippen LogP contribution in [0.4, 0.5) is 0 Å². The highest BCUT2D eigenvalue weighted by molar-refractivity contribution is 7.12. The summed E-state index contributed by atoms with van der Waals surface area (Å²) in [7, 11) is 0. The lowest BCUT2D eigenvalue weighted by Gasteiger charge is -2.35. The van der Waals surface area contributed by atoms with Crippen molar-refractivity contribution >= 4 is 11.3 Å². The first kappa shape index (κ1) is 13.1. The highest BCUT2D eigenvalue weighted by atomic mass is 32.1. The third-order valence-electron chi connectivity index (χ3n) is 3.93. The number of rotatable bonds is 3. The van der Waals surface area contributed by atoms with Gasteiger partial charge in [0.15, 0.2) is 0 Å². The maximum atomic E-state index is 3.75. The number of hydrogen-bond donors (Lipinski definition) is 1. The van der Waals surface area contributed by atoms with Gasteiger partial charge in [0, 0.05) is 22.3 Å². The summed E-state index contributed by atoms with van der Waals surface area (Å²) < 4.78 is 0. The van der Waals surface area contributed by atoms with Crippen molar-refractivity contribution in [2.75, 3.05) is 0 Å². The summed E-state index contributed by atoms with van der Waals surface area (Å²) in [5, 5.41) is 3.75. The molecule has 1 fully saturated rings. The van der Waals surface area contributed by atoms with Gasteiger partial charge in [0.05, 0.1) is 0 Å². The van der Waals surface area contributed by atoms with E-state index >= 15 is 0 Å². The molecule has 0 spiro atoms. The van der Waals surface area contributed by atoms with Gasteiger partial charge in [-0.15, -0.1) is 11.3 Å². The van der Waals surface area contributed by atoms with E-state index in [1.807, 2.05) is 11.3 Å². The Morgan fingerprint density at radius 3 is 2.76 bits per heavy atom. The predicted octanol–water partition coefficient (Wildman–Crippen LogP) is 4.42. The molecule has 1 heterocycles. The van der Waals surface area contributed by atoms with Gasteiger partial charge < -0.3 is 5.32 Å². The zero-order chi connectivity index (χ0) is 12.5. The minimum Gasteiger partial charge on any atom is -0.310 e. The molecule has 2 heteroatoms. The van der Waals surface area contributed by atoms with Crippen LogP contribution < -0.4 is 5.32 Å². The minimum atomic E-state index is 0.537. The van der Waals surface area contributed by atoms with Gasteiger partial charge in [-0.25, -0.2) is 0 Å². The first-order chi connectivity index (χ1) is 7.96. The van der Waals surface area contributed by atoms with E-state index in [9.17, 15) is 0 Å². The van der Waals surface area contributed by atoms with Crippen molar-refractivity contribution in [3.8, 4) is 0 Å². The summed E-state index contributed by atoms with van der Waals surface area (Å²) in [6.07, 6.45) is 5.45. The molecule has 0 bridgehead atoms. The molecule has 0 aromatic carbocycles. The molecule has 1 saturated carbocycles. The Morgan fingerprint density at radius 2 is 2.18 bits per heavy atom. The maximum Gasteiger partial charge on any atom is 0.0219 e. The van der Waals surface area contributed by atoms with Crippen molar-refractivity contribution in [1.82, 2.24) is 5.32 Å². The van der Waals surface area contributed by atoms with Gasteiger partial charge in [0.25, 0.3) is 0 Å². The SMILES string of the molecule is Cc1cc(CNC2CCCC(C)(C)C2)c(C)s1. The number of thiophene rings is 1. The van der Waals surface area contributed by atoms with Crippen LogP contribution in [0, 0.1) is 19.3 Å². The summed E-state index contributed by atoms with van der Waals surface area (Å²) >= 11 is 1.92. The van der Waals surface area contributed by atoms with Crippen LogP contribution in [0.3, 0.4) is 0 Å². The first-order valence-electron chi connectivity index (χ1n) is 6.75. The third kappa shape index (κ3) is 3.56. The van der Waals surface area contributed by atoms with E-state index in [0.29, 0.717) is 5.41 Å². The van der Waals surface area contributed by atoms with Gasteiger partial charge in [0.1, 0.15) is 0 Å². The van der Waals surface area contributed by atoms with Crippen molar-refractivity contribution in [3.05, 3.63) is 21.4 Å². The van der Waals surface area contributed by atoms with Gasteiger partial charge in [-0.1, -0.05) is 20.3 Å². The molecule has 1 aromatic rings. The zero-order valence-electron chi connectivity index (χ0n) is 11.6. The second kappa shape index (κ2) is 5.11. The summed E-state index contributed by atoms with van der Waals surface area (Å²) in [6, 6.07) is 3.05. The van der Waals surface area contributed by atoms with Gasteiger partial charge in [-0.2, -0.15) is 0 Å². The molecule has 17 heavy (non-hydrogen) atoms. The Kier molecular flexibility index (Phi) is 3.94. The zero-order valence-corrected chi connectivity index (χ0v) is 12.4. The number of hydrogen-bond acceptors (Lipinski definition) is 2. The quantitative estimate of drug-likeness (QED) is 0.838. The fraction of sp³-hybridized carbons (Fsp3) is 0.733. The second-order valence-corrected chi connectivity index (χ2v) is 7.74. The predicted molar refractivity (Wildman–Crippen MR) is 76.7 cm³/mol. The maximum absolute atomic E-state index is 3.75. The Bertz CT molecular complexity index is 378. The van der Waals surface area contributed by atoms with E-state index in [0.717, 1.165) is 12.6 Å². The Labute approximate surface area is 110 Å². The van der Waals surface area contributed by atoms with Crippen molar-refractivity contribution in [2.45, 2.75) is 66.0 Å². The average molecular weight is 251 g/mol. The van der Waals surface area contributed by atoms with Crippen LogP contribution in [0.1, 0.15) is 54.8 Å². The monoisotopic (exact) mass is 251 g/mol. The molecule has 0 saturated heterocycles. The summed E-state index contributed by atoms with van der Waals surface area (Å²) in [5.41, 5.74) is 2.03. The van der Waals surface area contributed by atoms with Crippen molar-refractivity contribution in [1.29, 1.82) is 0 Å². The van der Waals surface area contributed by atoms with Crippen LogP contribution in [0.5, 0.6) is 0 Å². The van der Waals surface area contributed by atoms with E-state index in [1.54, 1.807) is 0 Å². The van der Waals surface area contributed by atoms with E-state index in [2.05, 4.69) is 39.1 Å². The van der Waals surface area contributed by atoms with Crippen LogP contribution in [0.2, 0.25) is 0 Å². The lowest BCUT2D eigenvalue weighted by Crippen LogP contribution is -2.36. The molecule has 0 radical (unpaired) electrons. The summed E-state index contributed by atoms with van der Waals surface area (Å²) in [5.74, 6) is 0. The highest BCUT2D eigenvalue weighted by Gasteiger charge is 2.27. The molecular formula is C15H25NS. The lowest BCUT2D eigenvalue weighted by atomic mass is 9.75. The highest BCUT2D eigenvalue weighted by Crippen LogP contribution is 2.35. The largest absolute Gasteiger partial charge is 0.310 e. The van der Waals surface area contributed by atoms with Gasteiger partial charge >= 0.3 is 0 Å². The molecule has 1 N–H and O–H groups in total. The fourth-order valence-corrected chi connectivity index (χ4v) is 3.93. The molecule has 0 amide bonds. The minimum absolute atomic E-state index is 0.537. The third-order valence-corrected chi connectivity index (χ3v) is 4.94. The number of nitrogens with one attached hydrogen (secondary N) is 1. The van der Waals surface area contributed by atoms with Crippen LogP contribution in [0.25, 0.3) is 0 Å². The second-order valence-electron chi connectivity index (χ2n) is 6.28. The normalized spacial score (nSPS) is 23.9. The molecule has 1 unspecified atom stereocenters. The van der Waals surface area contributed by atoms with Crippen molar-refractivity contribution in [2.24, 2.45) is 5.41 Å². The van der Waals surface area contributed by atoms with Gasteiger partial charge in [-0.05, 0) is 50.2 Å². The van der Waals surface area contributed by atoms with Crippen LogP contribution in [-0.2, 0) is 6.54 Å². The van der Waals surface area contributed by atoms with E-state index in [-0.39, 0.29) is 0 Å². The van der Waals surface area contributed by atoms with Crippen molar-refractivity contribution < 1.29 is 0 Å². The van der Waals surface area contributed by atoms with Gasteiger partial charge in [0.2, 0.25) is 0 Å². The van der Waals surface area contributed by atoms with E-state index < -0.39 is 0 Å². The topological polar surface area (TPSA) is 12.0 Å². The summed E-state index contributed by atoms with van der Waals surface area (Å²) in [6.45, 7) is 10.3. The Morgan fingerprint density at radius 1 is 1.41 bits per heavy atom.